The number of nitrogens with one attached hydrogen (secondary N) is 1. The van der Waals surface area contributed by atoms with Crippen LogP contribution in [0.5, 0.6) is 6.01 Å². The number of ether oxygens (including phenoxy) is 1. The maximum atomic E-state index is 5.28. The van der Waals surface area contributed by atoms with Crippen LogP contribution in [-0.2, 0) is 0 Å². The summed E-state index contributed by atoms with van der Waals surface area (Å²) < 4.78 is 5.22. The summed E-state index contributed by atoms with van der Waals surface area (Å²) in [6, 6.07) is 0.215. The number of rotatable bonds is 5. The Morgan fingerprint density at radius 1 is 1.33 bits per heavy atom. The molecule has 0 aliphatic heterocycles. The summed E-state index contributed by atoms with van der Waals surface area (Å²) in [6.07, 6.45) is 4.80. The largest absolute Gasteiger partial charge is 0.464 e. The van der Waals surface area contributed by atoms with Crippen molar-refractivity contribution in [2.24, 2.45) is 5.84 Å². The first-order chi connectivity index (χ1) is 8.81. The van der Waals surface area contributed by atoms with Crippen molar-refractivity contribution in [3.8, 4) is 6.01 Å². The molecule has 0 bridgehead atoms. The molecule has 94 valence electrons. The van der Waals surface area contributed by atoms with Crippen LogP contribution in [0, 0.1) is 0 Å². The molecule has 0 saturated carbocycles. The summed E-state index contributed by atoms with van der Waals surface area (Å²) >= 11 is 1.25. The fourth-order valence-corrected chi connectivity index (χ4v) is 1.74. The van der Waals surface area contributed by atoms with Crippen molar-refractivity contribution >= 4 is 17.7 Å². The molecule has 0 fully saturated rings. The number of aromatic nitrogens is 5. The van der Waals surface area contributed by atoms with Crippen LogP contribution in [-0.4, -0.2) is 31.5 Å². The SMILES string of the molecule is CCOc1nc(NN)nc(Sc2cnccn2)n1. The first-order valence-corrected chi connectivity index (χ1v) is 5.93. The Morgan fingerprint density at radius 3 is 2.89 bits per heavy atom. The second kappa shape index (κ2) is 6.07. The molecule has 0 amide bonds. The molecule has 18 heavy (non-hydrogen) atoms. The van der Waals surface area contributed by atoms with Gasteiger partial charge in [-0.05, 0) is 18.7 Å². The molecule has 0 radical (unpaired) electrons. The Hall–Kier alpha value is -2.00. The van der Waals surface area contributed by atoms with Crippen LogP contribution < -0.4 is 16.0 Å². The molecule has 3 N–H and O–H groups in total. The zero-order chi connectivity index (χ0) is 12.8. The van der Waals surface area contributed by atoms with Gasteiger partial charge >= 0.3 is 6.01 Å². The lowest BCUT2D eigenvalue weighted by Gasteiger charge is -2.05. The van der Waals surface area contributed by atoms with E-state index >= 15 is 0 Å². The zero-order valence-corrected chi connectivity index (χ0v) is 10.4. The molecule has 2 rings (SSSR count). The lowest BCUT2D eigenvalue weighted by atomic mass is 10.8. The highest BCUT2D eigenvalue weighted by molar-refractivity contribution is 7.99. The lowest BCUT2D eigenvalue weighted by Crippen LogP contribution is -2.12. The molecule has 0 aromatic carbocycles. The zero-order valence-electron chi connectivity index (χ0n) is 9.57. The Morgan fingerprint density at radius 2 is 2.22 bits per heavy atom. The van der Waals surface area contributed by atoms with Crippen molar-refractivity contribution in [3.63, 3.8) is 0 Å². The number of anilines is 1. The average molecular weight is 265 g/mol. The molecule has 0 aliphatic rings. The fraction of sp³-hybridized carbons (Fsp3) is 0.222. The van der Waals surface area contributed by atoms with Crippen molar-refractivity contribution in [2.45, 2.75) is 17.1 Å². The van der Waals surface area contributed by atoms with Crippen LogP contribution >= 0.6 is 11.8 Å². The van der Waals surface area contributed by atoms with Crippen molar-refractivity contribution in [2.75, 3.05) is 12.0 Å². The smallest absolute Gasteiger partial charge is 0.322 e. The van der Waals surface area contributed by atoms with Gasteiger partial charge in [-0.15, -0.1) is 0 Å². The van der Waals surface area contributed by atoms with Gasteiger partial charge in [0.25, 0.3) is 0 Å². The standard InChI is InChI=1S/C9H11N7OS/c1-2-17-8-13-7(16-10)14-9(15-8)18-6-5-11-3-4-12-6/h3-5H,2,10H2,1H3,(H,13,14,15,16). The predicted molar refractivity (Wildman–Crippen MR) is 65.0 cm³/mol. The van der Waals surface area contributed by atoms with Gasteiger partial charge < -0.3 is 4.74 Å². The van der Waals surface area contributed by atoms with E-state index in [0.29, 0.717) is 16.8 Å². The van der Waals surface area contributed by atoms with Gasteiger partial charge in [0, 0.05) is 12.4 Å². The van der Waals surface area contributed by atoms with Crippen molar-refractivity contribution in [3.05, 3.63) is 18.6 Å². The van der Waals surface area contributed by atoms with E-state index < -0.39 is 0 Å². The van der Waals surface area contributed by atoms with E-state index in [1.54, 1.807) is 18.6 Å². The van der Waals surface area contributed by atoms with Gasteiger partial charge in [-0.3, -0.25) is 10.4 Å². The normalized spacial score (nSPS) is 10.1. The number of hydrogen-bond acceptors (Lipinski definition) is 9. The van der Waals surface area contributed by atoms with Gasteiger partial charge in [0.15, 0.2) is 0 Å². The number of nitrogens with zero attached hydrogens (tertiary/aromatic N) is 5. The van der Waals surface area contributed by atoms with Gasteiger partial charge in [0.05, 0.1) is 12.8 Å². The average Bonchev–Trinajstić information content (AvgIpc) is 2.40. The highest BCUT2D eigenvalue weighted by atomic mass is 32.2. The van der Waals surface area contributed by atoms with E-state index in [1.807, 2.05) is 6.92 Å². The van der Waals surface area contributed by atoms with Gasteiger partial charge in [0.1, 0.15) is 5.03 Å². The van der Waals surface area contributed by atoms with Crippen molar-refractivity contribution in [1.29, 1.82) is 0 Å². The number of hydrazine groups is 1. The molecule has 0 atom stereocenters. The van der Waals surface area contributed by atoms with E-state index in [-0.39, 0.29) is 12.0 Å². The van der Waals surface area contributed by atoms with E-state index in [2.05, 4.69) is 30.3 Å². The Balaban J connectivity index is 2.24. The third-order valence-electron chi connectivity index (χ3n) is 1.73. The molecular weight excluding hydrogens is 254 g/mol. The Bertz CT molecular complexity index is 510. The fourth-order valence-electron chi connectivity index (χ4n) is 1.07. The number of hydrogen-bond donors (Lipinski definition) is 2. The van der Waals surface area contributed by atoms with Crippen LogP contribution in [0.3, 0.4) is 0 Å². The predicted octanol–water partition coefficient (Wildman–Crippen LogP) is 0.497. The lowest BCUT2D eigenvalue weighted by molar-refractivity contribution is 0.308. The molecule has 0 saturated heterocycles. The quantitative estimate of drug-likeness (QED) is 0.589. The van der Waals surface area contributed by atoms with Crippen LogP contribution in [0.15, 0.2) is 28.8 Å². The molecule has 8 nitrogen and oxygen atoms in total. The molecule has 0 spiro atoms. The summed E-state index contributed by atoms with van der Waals surface area (Å²) in [5.41, 5.74) is 2.36. The van der Waals surface area contributed by atoms with Crippen molar-refractivity contribution < 1.29 is 4.74 Å². The van der Waals surface area contributed by atoms with Crippen molar-refractivity contribution in [1.82, 2.24) is 24.9 Å². The van der Waals surface area contributed by atoms with Crippen LogP contribution in [0.1, 0.15) is 6.92 Å². The molecule has 2 aromatic heterocycles. The van der Waals surface area contributed by atoms with E-state index in [0.717, 1.165) is 0 Å². The van der Waals surface area contributed by atoms with Gasteiger partial charge in [-0.1, -0.05) is 0 Å². The highest BCUT2D eigenvalue weighted by Gasteiger charge is 2.08. The molecule has 0 aliphatic carbocycles. The molecule has 0 unspecified atom stereocenters. The number of nitrogens with two attached hydrogens (primary N) is 1. The molecule has 9 heteroatoms. The summed E-state index contributed by atoms with van der Waals surface area (Å²) in [6.45, 7) is 2.30. The summed E-state index contributed by atoms with van der Waals surface area (Å²) in [5, 5.41) is 1.11. The molecule has 2 heterocycles. The maximum absolute atomic E-state index is 5.28. The maximum Gasteiger partial charge on any atom is 0.322 e. The van der Waals surface area contributed by atoms with Crippen LogP contribution in [0.25, 0.3) is 0 Å². The third-order valence-corrected chi connectivity index (χ3v) is 2.52. The highest BCUT2D eigenvalue weighted by Crippen LogP contribution is 2.23. The second-order valence-electron chi connectivity index (χ2n) is 2.95. The topological polar surface area (TPSA) is 112 Å². The van der Waals surface area contributed by atoms with E-state index in [1.165, 1.54) is 11.8 Å². The Labute approximate surface area is 107 Å². The second-order valence-corrected chi connectivity index (χ2v) is 3.93. The third kappa shape index (κ3) is 3.25. The van der Waals surface area contributed by atoms with Crippen LogP contribution in [0.2, 0.25) is 0 Å². The minimum absolute atomic E-state index is 0.215. The minimum atomic E-state index is 0.215. The summed E-state index contributed by atoms with van der Waals surface area (Å²) in [7, 11) is 0. The molecule has 2 aromatic rings. The first kappa shape index (κ1) is 12.5. The van der Waals surface area contributed by atoms with E-state index in [9.17, 15) is 0 Å². The molecular formula is C9H11N7OS. The van der Waals surface area contributed by atoms with Gasteiger partial charge in [0.2, 0.25) is 11.1 Å². The summed E-state index contributed by atoms with van der Waals surface area (Å²) in [4.78, 5) is 20.2. The van der Waals surface area contributed by atoms with Gasteiger partial charge in [-0.25, -0.2) is 10.8 Å². The summed E-state index contributed by atoms with van der Waals surface area (Å²) in [5.74, 6) is 5.52. The first-order valence-electron chi connectivity index (χ1n) is 5.11. The minimum Gasteiger partial charge on any atom is -0.464 e. The monoisotopic (exact) mass is 265 g/mol. The van der Waals surface area contributed by atoms with Crippen LogP contribution in [0.4, 0.5) is 5.95 Å². The van der Waals surface area contributed by atoms with Gasteiger partial charge in [-0.2, -0.15) is 15.0 Å². The van der Waals surface area contributed by atoms with E-state index in [4.69, 9.17) is 10.6 Å². The Kier molecular flexibility index (Phi) is 4.20. The number of nitrogen functional groups attached to an aromatic ring is 1.